The molecule has 2 fully saturated rings. The number of nitrogens with one attached hydrogen (secondary N) is 3. The van der Waals surface area contributed by atoms with E-state index >= 15 is 0 Å². The molecule has 1 aromatic carbocycles. The molecule has 0 radical (unpaired) electrons. The first kappa shape index (κ1) is 29.2. The molecule has 0 unspecified atom stereocenters. The van der Waals surface area contributed by atoms with Gasteiger partial charge in [-0.3, -0.25) is 0 Å². The van der Waals surface area contributed by atoms with Crippen LogP contribution in [0.5, 0.6) is 0 Å². The number of rotatable bonds is 11. The second-order valence-electron chi connectivity index (χ2n) is 10.9. The van der Waals surface area contributed by atoms with Gasteiger partial charge < -0.3 is 35.1 Å². The first-order valence-electron chi connectivity index (χ1n) is 13.6. The Bertz CT molecular complexity index is 827. The molecule has 4 atom stereocenters. The summed E-state index contributed by atoms with van der Waals surface area (Å²) in [6.45, 7) is 7.85. The Morgan fingerprint density at radius 3 is 2.68 bits per heavy atom. The summed E-state index contributed by atoms with van der Waals surface area (Å²) in [5.74, 6) is 0.618. The minimum atomic E-state index is -0.472. The molecule has 0 spiro atoms. The van der Waals surface area contributed by atoms with E-state index in [-0.39, 0.29) is 29.7 Å². The summed E-state index contributed by atoms with van der Waals surface area (Å²) in [6, 6.07) is 10.2. The van der Waals surface area contributed by atoms with Crippen LogP contribution >= 0.6 is 0 Å². The molecule has 3 rings (SSSR count). The average Bonchev–Trinajstić information content (AvgIpc) is 2.90. The molecular weight excluding hydrogens is 472 g/mol. The van der Waals surface area contributed by atoms with E-state index in [1.807, 2.05) is 30.1 Å². The summed E-state index contributed by atoms with van der Waals surface area (Å²) < 4.78 is 16.9. The summed E-state index contributed by atoms with van der Waals surface area (Å²) in [5, 5.41) is 9.20. The van der Waals surface area contributed by atoms with Crippen molar-refractivity contribution < 1.29 is 23.8 Å². The number of amides is 3. The molecule has 1 aromatic rings. The zero-order valence-electron chi connectivity index (χ0n) is 23.0. The molecule has 2 aliphatic heterocycles. The highest BCUT2D eigenvalue weighted by Gasteiger charge is 2.33. The first-order valence-corrected chi connectivity index (χ1v) is 13.6. The molecule has 9 heteroatoms. The van der Waals surface area contributed by atoms with Gasteiger partial charge in [0.1, 0.15) is 0 Å². The highest BCUT2D eigenvalue weighted by atomic mass is 16.5. The Morgan fingerprint density at radius 1 is 1.22 bits per heavy atom. The molecule has 3 amide bonds. The molecule has 0 bridgehead atoms. The highest BCUT2D eigenvalue weighted by Crippen LogP contribution is 2.33. The summed E-state index contributed by atoms with van der Waals surface area (Å²) >= 11 is 0. The normalized spacial score (nSPS) is 23.1. The van der Waals surface area contributed by atoms with Gasteiger partial charge in [-0.05, 0) is 64.5 Å². The predicted molar refractivity (Wildman–Crippen MR) is 143 cm³/mol. The van der Waals surface area contributed by atoms with Gasteiger partial charge in [0.05, 0.1) is 32.0 Å². The molecule has 0 aromatic heterocycles. The second kappa shape index (κ2) is 14.5. The topological polar surface area (TPSA) is 101 Å². The maximum absolute atomic E-state index is 13.4. The van der Waals surface area contributed by atoms with E-state index in [2.05, 4.69) is 46.7 Å². The number of nitrogens with zero attached hydrogens (tertiary/aromatic N) is 1. The molecule has 37 heavy (non-hydrogen) atoms. The highest BCUT2D eigenvalue weighted by molar-refractivity contribution is 5.74. The van der Waals surface area contributed by atoms with Gasteiger partial charge in [-0.2, -0.15) is 0 Å². The van der Waals surface area contributed by atoms with Crippen LogP contribution < -0.4 is 16.0 Å². The van der Waals surface area contributed by atoms with Crippen LogP contribution in [-0.4, -0.2) is 82.2 Å². The summed E-state index contributed by atoms with van der Waals surface area (Å²) in [5.41, 5.74) is 1.04. The number of ether oxygens (including phenoxy) is 3. The predicted octanol–water partition coefficient (Wildman–Crippen LogP) is 3.71. The molecule has 0 saturated carbocycles. The van der Waals surface area contributed by atoms with Crippen LogP contribution in [-0.2, 0) is 14.2 Å². The van der Waals surface area contributed by atoms with Crippen LogP contribution in [0.4, 0.5) is 9.59 Å². The minimum absolute atomic E-state index is 0.0128. The smallest absolute Gasteiger partial charge is 0.406 e. The molecule has 2 aliphatic rings. The molecule has 9 nitrogen and oxygen atoms in total. The number of likely N-dealkylation sites (tertiary alicyclic amines) is 1. The quantitative estimate of drug-likeness (QED) is 0.386. The fraction of sp³-hybridized carbons (Fsp3) is 0.714. The van der Waals surface area contributed by atoms with Gasteiger partial charge in [0.2, 0.25) is 0 Å². The van der Waals surface area contributed by atoms with E-state index in [0.29, 0.717) is 25.6 Å². The van der Waals surface area contributed by atoms with Crippen molar-refractivity contribution in [1.29, 1.82) is 0 Å². The van der Waals surface area contributed by atoms with E-state index in [0.717, 1.165) is 57.4 Å². The second-order valence-corrected chi connectivity index (χ2v) is 10.9. The number of carbonyl (C=O) groups is 2. The van der Waals surface area contributed by atoms with Gasteiger partial charge in [-0.25, -0.2) is 9.59 Å². The maximum Gasteiger partial charge on any atom is 0.406 e. The van der Waals surface area contributed by atoms with E-state index in [9.17, 15) is 9.59 Å². The van der Waals surface area contributed by atoms with Gasteiger partial charge in [-0.15, -0.1) is 0 Å². The van der Waals surface area contributed by atoms with Crippen molar-refractivity contribution in [3.05, 3.63) is 35.9 Å². The van der Waals surface area contributed by atoms with Crippen LogP contribution in [0.15, 0.2) is 30.3 Å². The SMILES string of the molecule is CNC[C@H](C[C@H]1CCC(C)(C)OC1)NC(=O)N1CCC[C@@H]([C@@H](OCCNC(=O)OC)c2ccccc2)C1. The third-order valence-corrected chi connectivity index (χ3v) is 7.42. The van der Waals surface area contributed by atoms with Crippen LogP contribution in [0, 0.1) is 11.8 Å². The van der Waals surface area contributed by atoms with Gasteiger partial charge in [-0.1, -0.05) is 30.3 Å². The number of piperidine rings is 1. The van der Waals surface area contributed by atoms with Gasteiger partial charge >= 0.3 is 12.1 Å². The van der Waals surface area contributed by atoms with Gasteiger partial charge in [0.25, 0.3) is 0 Å². The Hall–Kier alpha value is -2.36. The van der Waals surface area contributed by atoms with Gasteiger partial charge in [0, 0.05) is 38.1 Å². The Morgan fingerprint density at radius 2 is 2.00 bits per heavy atom. The Labute approximate surface area is 222 Å². The number of carbonyl (C=O) groups excluding carboxylic acids is 2. The molecule has 208 valence electrons. The van der Waals surface area contributed by atoms with Crippen molar-refractivity contribution in [2.24, 2.45) is 11.8 Å². The minimum Gasteiger partial charge on any atom is -0.453 e. The lowest BCUT2D eigenvalue weighted by Gasteiger charge is -2.39. The summed E-state index contributed by atoms with van der Waals surface area (Å²) in [7, 11) is 3.27. The van der Waals surface area contributed by atoms with Crippen molar-refractivity contribution in [1.82, 2.24) is 20.9 Å². The number of hydrogen-bond acceptors (Lipinski definition) is 6. The van der Waals surface area contributed by atoms with E-state index in [4.69, 9.17) is 9.47 Å². The van der Waals surface area contributed by atoms with Crippen molar-refractivity contribution in [3.8, 4) is 0 Å². The lowest BCUT2D eigenvalue weighted by Crippen LogP contribution is -2.52. The number of benzene rings is 1. The van der Waals surface area contributed by atoms with Crippen molar-refractivity contribution in [2.75, 3.05) is 53.6 Å². The standard InChI is InChI=1S/C28H46N4O5/c1-28(2)13-12-21(20-37-28)17-24(18-29-3)31-26(33)32-15-8-11-23(19-32)25(22-9-6-5-7-10-22)36-16-14-30-27(34)35-4/h5-7,9-10,21,23-25,29H,8,11-20H2,1-4H3,(H,30,34)(H,31,33)/t21-,23-,24+,25+/m1/s1. The number of alkyl carbamates (subject to hydrolysis) is 1. The van der Waals surface area contributed by atoms with Crippen molar-refractivity contribution in [3.63, 3.8) is 0 Å². The fourth-order valence-corrected chi connectivity index (χ4v) is 5.34. The van der Waals surface area contributed by atoms with Crippen LogP contribution in [0.25, 0.3) is 0 Å². The van der Waals surface area contributed by atoms with E-state index in [1.165, 1.54) is 7.11 Å². The third kappa shape index (κ3) is 9.47. The van der Waals surface area contributed by atoms with Crippen molar-refractivity contribution in [2.45, 2.75) is 63.7 Å². The number of hydrogen-bond donors (Lipinski definition) is 3. The van der Waals surface area contributed by atoms with E-state index < -0.39 is 6.09 Å². The number of methoxy groups -OCH3 is 1. The van der Waals surface area contributed by atoms with Crippen LogP contribution in [0.1, 0.15) is 57.6 Å². The molecule has 2 heterocycles. The van der Waals surface area contributed by atoms with Crippen LogP contribution in [0.3, 0.4) is 0 Å². The molecule has 2 saturated heterocycles. The lowest BCUT2D eigenvalue weighted by molar-refractivity contribution is -0.0792. The third-order valence-electron chi connectivity index (χ3n) is 7.42. The van der Waals surface area contributed by atoms with Crippen LogP contribution in [0.2, 0.25) is 0 Å². The zero-order valence-corrected chi connectivity index (χ0v) is 23.0. The number of urea groups is 1. The largest absolute Gasteiger partial charge is 0.453 e. The fourth-order valence-electron chi connectivity index (χ4n) is 5.34. The molecule has 3 N–H and O–H groups in total. The maximum atomic E-state index is 13.4. The monoisotopic (exact) mass is 518 g/mol. The zero-order chi connectivity index (χ0) is 26.7. The number of likely N-dealkylation sites (N-methyl/N-ethyl adjacent to an activating group) is 1. The summed E-state index contributed by atoms with van der Waals surface area (Å²) in [6.07, 6.45) is 4.34. The van der Waals surface area contributed by atoms with E-state index in [1.54, 1.807) is 0 Å². The molecule has 0 aliphatic carbocycles. The Balaban J connectivity index is 1.58. The molecular formula is C28H46N4O5. The average molecular weight is 519 g/mol. The first-order chi connectivity index (χ1) is 17.8. The Kier molecular flexibility index (Phi) is 11.5. The summed E-state index contributed by atoms with van der Waals surface area (Å²) in [4.78, 5) is 26.7. The van der Waals surface area contributed by atoms with Gasteiger partial charge in [0.15, 0.2) is 0 Å². The van der Waals surface area contributed by atoms with Crippen molar-refractivity contribution >= 4 is 12.1 Å². The lowest BCUT2D eigenvalue weighted by atomic mass is 9.87.